The highest BCUT2D eigenvalue weighted by molar-refractivity contribution is 6.77. The van der Waals surface area contributed by atoms with Crippen molar-refractivity contribution < 1.29 is 13.3 Å². The van der Waals surface area contributed by atoms with Crippen molar-refractivity contribution in [1.82, 2.24) is 0 Å². The van der Waals surface area contributed by atoms with E-state index in [1.807, 2.05) is 140 Å². The van der Waals surface area contributed by atoms with E-state index in [4.69, 9.17) is 13.3 Å². The maximum atomic E-state index is 7.26. The van der Waals surface area contributed by atoms with Crippen LogP contribution >= 0.6 is 0 Å². The van der Waals surface area contributed by atoms with Gasteiger partial charge >= 0.3 is 8.80 Å². The van der Waals surface area contributed by atoms with Gasteiger partial charge in [0, 0.05) is 16.7 Å². The Bertz CT molecular complexity index is 1810. The van der Waals surface area contributed by atoms with Crippen LogP contribution in [0.3, 0.4) is 0 Å². The van der Waals surface area contributed by atoms with Gasteiger partial charge in [0.25, 0.3) is 0 Å². The lowest BCUT2D eigenvalue weighted by Gasteiger charge is -2.32. The number of hydrogen-bond donors (Lipinski definition) is 0. The summed E-state index contributed by atoms with van der Waals surface area (Å²) in [6.07, 6.45) is 0. The molecule has 46 heavy (non-hydrogen) atoms. The molecule has 7 rings (SSSR count). The smallest absolute Gasteiger partial charge is 0.479 e. The predicted octanol–water partition coefficient (Wildman–Crippen LogP) is 10.1. The third-order valence-electron chi connectivity index (χ3n) is 7.78. The third-order valence-corrected chi connectivity index (χ3v) is 10.3. The lowest BCUT2D eigenvalue weighted by atomic mass is 10.1. The molecule has 0 aromatic heterocycles. The molecule has 0 aliphatic heterocycles. The van der Waals surface area contributed by atoms with E-state index in [2.05, 4.69) is 54.6 Å². The van der Waals surface area contributed by atoms with Gasteiger partial charge in [0.2, 0.25) is 0 Å². The standard InChI is InChI=1S/C42H32O3Si/c1-5-19-33(20-6-1)37-27-13-16-30-40(37)43-46(36-25-11-4-12-26-36,44-41-31-17-14-28-38(41)34-21-7-2-8-22-34)45-42-32-18-15-29-39(42)35-23-9-3-10-24-35/h1-32H. The van der Waals surface area contributed by atoms with E-state index in [1.165, 1.54) is 0 Å². The van der Waals surface area contributed by atoms with E-state index in [1.54, 1.807) is 0 Å². The fourth-order valence-corrected chi connectivity index (χ4v) is 8.03. The Hall–Kier alpha value is -5.84. The van der Waals surface area contributed by atoms with Gasteiger partial charge in [-0.3, -0.25) is 0 Å². The fraction of sp³-hybridized carbons (Fsp3) is 0. The molecular formula is C42H32O3Si. The Balaban J connectivity index is 1.44. The molecule has 0 aliphatic rings. The molecule has 0 bridgehead atoms. The molecule has 222 valence electrons. The monoisotopic (exact) mass is 612 g/mol. The summed E-state index contributed by atoms with van der Waals surface area (Å²) in [6.45, 7) is 0. The number of benzene rings is 7. The van der Waals surface area contributed by atoms with E-state index in [9.17, 15) is 0 Å². The summed E-state index contributed by atoms with van der Waals surface area (Å²) < 4.78 is 21.8. The Morgan fingerprint density at radius 1 is 0.261 bits per heavy atom. The van der Waals surface area contributed by atoms with Crippen LogP contribution in [0.1, 0.15) is 0 Å². The highest BCUT2D eigenvalue weighted by atomic mass is 28.4. The second-order valence-corrected chi connectivity index (χ2v) is 13.1. The molecule has 0 unspecified atom stereocenters. The van der Waals surface area contributed by atoms with E-state index in [-0.39, 0.29) is 0 Å². The van der Waals surface area contributed by atoms with Crippen LogP contribution < -0.4 is 18.5 Å². The Kier molecular flexibility index (Phi) is 8.44. The Morgan fingerprint density at radius 3 is 0.848 bits per heavy atom. The van der Waals surface area contributed by atoms with E-state index >= 15 is 0 Å². The summed E-state index contributed by atoms with van der Waals surface area (Å²) >= 11 is 0. The molecule has 3 nitrogen and oxygen atoms in total. The molecule has 0 atom stereocenters. The summed E-state index contributed by atoms with van der Waals surface area (Å²) in [7, 11) is -3.89. The molecule has 0 aliphatic carbocycles. The van der Waals surface area contributed by atoms with Gasteiger partial charge in [-0.05, 0) is 34.9 Å². The van der Waals surface area contributed by atoms with Crippen LogP contribution in [0.25, 0.3) is 33.4 Å². The minimum atomic E-state index is -3.89. The zero-order valence-electron chi connectivity index (χ0n) is 25.2. The first kappa shape index (κ1) is 28.9. The molecular weight excluding hydrogens is 581 g/mol. The van der Waals surface area contributed by atoms with Crippen molar-refractivity contribution in [3.05, 3.63) is 194 Å². The van der Waals surface area contributed by atoms with Crippen LogP contribution in [0.15, 0.2) is 194 Å². The summed E-state index contributed by atoms with van der Waals surface area (Å²) in [5.74, 6) is 2.04. The fourth-order valence-electron chi connectivity index (χ4n) is 5.55. The van der Waals surface area contributed by atoms with E-state index < -0.39 is 8.80 Å². The topological polar surface area (TPSA) is 27.7 Å². The van der Waals surface area contributed by atoms with Crippen molar-refractivity contribution >= 4 is 14.0 Å². The van der Waals surface area contributed by atoms with Crippen molar-refractivity contribution in [3.8, 4) is 50.6 Å². The Labute approximate surface area is 271 Å². The van der Waals surface area contributed by atoms with Crippen LogP contribution in [0, 0.1) is 0 Å². The molecule has 0 saturated carbocycles. The molecule has 0 saturated heterocycles. The highest BCUT2D eigenvalue weighted by Crippen LogP contribution is 2.38. The van der Waals surface area contributed by atoms with Crippen LogP contribution in [-0.4, -0.2) is 8.80 Å². The first-order chi connectivity index (χ1) is 22.8. The normalized spacial score (nSPS) is 11.0. The zero-order chi connectivity index (χ0) is 31.0. The van der Waals surface area contributed by atoms with Gasteiger partial charge in [0.15, 0.2) is 0 Å². The lowest BCUT2D eigenvalue weighted by molar-refractivity contribution is 0.282. The summed E-state index contributed by atoms with van der Waals surface area (Å²) in [4.78, 5) is 0. The van der Waals surface area contributed by atoms with Gasteiger partial charge in [0.1, 0.15) is 17.2 Å². The van der Waals surface area contributed by atoms with Gasteiger partial charge < -0.3 is 13.3 Å². The number of hydrogen-bond acceptors (Lipinski definition) is 3. The minimum Gasteiger partial charge on any atom is -0.479 e. The first-order valence-corrected chi connectivity index (χ1v) is 17.1. The summed E-state index contributed by atoms with van der Waals surface area (Å²) in [5.41, 5.74) is 6.00. The summed E-state index contributed by atoms with van der Waals surface area (Å²) in [6, 6.07) is 65.1. The van der Waals surface area contributed by atoms with Gasteiger partial charge in [-0.25, -0.2) is 0 Å². The van der Waals surface area contributed by atoms with Gasteiger partial charge in [-0.2, -0.15) is 0 Å². The minimum absolute atomic E-state index is 0.679. The van der Waals surface area contributed by atoms with Crippen LogP contribution in [0.4, 0.5) is 0 Å². The molecule has 0 heterocycles. The molecule has 0 spiro atoms. The first-order valence-electron chi connectivity index (χ1n) is 15.3. The molecule has 0 radical (unpaired) electrons. The lowest BCUT2D eigenvalue weighted by Crippen LogP contribution is -2.64. The van der Waals surface area contributed by atoms with Gasteiger partial charge in [0.05, 0.1) is 5.19 Å². The highest BCUT2D eigenvalue weighted by Gasteiger charge is 2.53. The second kappa shape index (κ2) is 13.4. The number of para-hydroxylation sites is 3. The third kappa shape index (κ3) is 6.20. The molecule has 7 aromatic carbocycles. The molecule has 0 fully saturated rings. The maximum absolute atomic E-state index is 7.26. The average molecular weight is 613 g/mol. The largest absolute Gasteiger partial charge is 0.737 e. The molecule has 7 aromatic rings. The maximum Gasteiger partial charge on any atom is 0.737 e. The van der Waals surface area contributed by atoms with E-state index in [0.717, 1.165) is 38.6 Å². The summed E-state index contributed by atoms with van der Waals surface area (Å²) in [5, 5.41) is 0.837. The molecule has 0 N–H and O–H groups in total. The molecule has 4 heteroatoms. The van der Waals surface area contributed by atoms with Crippen molar-refractivity contribution in [1.29, 1.82) is 0 Å². The van der Waals surface area contributed by atoms with Crippen LogP contribution in [0.5, 0.6) is 17.2 Å². The van der Waals surface area contributed by atoms with Crippen molar-refractivity contribution in [3.63, 3.8) is 0 Å². The van der Waals surface area contributed by atoms with Crippen LogP contribution in [-0.2, 0) is 0 Å². The zero-order valence-corrected chi connectivity index (χ0v) is 26.2. The molecule has 0 amide bonds. The van der Waals surface area contributed by atoms with Crippen molar-refractivity contribution in [2.45, 2.75) is 0 Å². The van der Waals surface area contributed by atoms with Crippen LogP contribution in [0.2, 0.25) is 0 Å². The Morgan fingerprint density at radius 2 is 0.522 bits per heavy atom. The average Bonchev–Trinajstić information content (AvgIpc) is 3.14. The second-order valence-electron chi connectivity index (χ2n) is 10.8. The SMILES string of the molecule is c1ccc(-c2ccccc2O[Si](Oc2ccccc2-c2ccccc2)(Oc2ccccc2-c2ccccc2)c2ccccc2)cc1. The van der Waals surface area contributed by atoms with Crippen molar-refractivity contribution in [2.24, 2.45) is 0 Å². The van der Waals surface area contributed by atoms with E-state index in [0.29, 0.717) is 17.2 Å². The predicted molar refractivity (Wildman–Crippen MR) is 189 cm³/mol. The quantitative estimate of drug-likeness (QED) is 0.144. The number of rotatable bonds is 10. The van der Waals surface area contributed by atoms with Gasteiger partial charge in [-0.15, -0.1) is 0 Å². The van der Waals surface area contributed by atoms with Crippen molar-refractivity contribution in [2.75, 3.05) is 0 Å². The van der Waals surface area contributed by atoms with Gasteiger partial charge in [-0.1, -0.05) is 176 Å².